The van der Waals surface area contributed by atoms with Crippen LogP contribution in [0.3, 0.4) is 0 Å². The molecule has 0 bridgehead atoms. The molecule has 0 radical (unpaired) electrons. The second kappa shape index (κ2) is 6.22. The van der Waals surface area contributed by atoms with Crippen molar-refractivity contribution in [3.05, 3.63) is 29.6 Å². The summed E-state index contributed by atoms with van der Waals surface area (Å²) in [6.07, 6.45) is 0. The van der Waals surface area contributed by atoms with Gasteiger partial charge in [-0.2, -0.15) is 0 Å². The number of hydrogen-bond acceptors (Lipinski definition) is 3. The van der Waals surface area contributed by atoms with Gasteiger partial charge in [0.05, 0.1) is 12.2 Å². The predicted octanol–water partition coefficient (Wildman–Crippen LogP) is 2.05. The molecule has 5 heteroatoms. The maximum atomic E-state index is 13.8. The molecule has 1 aliphatic rings. The summed E-state index contributed by atoms with van der Waals surface area (Å²) in [6, 6.07) is 4.93. The van der Waals surface area contributed by atoms with Crippen molar-refractivity contribution in [3.63, 3.8) is 0 Å². The fourth-order valence-corrected chi connectivity index (χ4v) is 2.63. The van der Waals surface area contributed by atoms with Crippen molar-refractivity contribution in [3.8, 4) is 5.75 Å². The lowest BCUT2D eigenvalue weighted by atomic mass is 10.1. The van der Waals surface area contributed by atoms with Crippen molar-refractivity contribution in [2.45, 2.75) is 32.9 Å². The molecule has 1 saturated heterocycles. The Kier molecular flexibility index (Phi) is 4.60. The molecule has 0 unspecified atom stereocenters. The molecule has 1 aliphatic heterocycles. The molecule has 0 spiro atoms. The Morgan fingerprint density at radius 2 is 2.05 bits per heavy atom. The minimum absolute atomic E-state index is 0.0545. The lowest BCUT2D eigenvalue weighted by Gasteiger charge is -2.36. The van der Waals surface area contributed by atoms with E-state index >= 15 is 0 Å². The predicted molar refractivity (Wildman–Crippen MR) is 75.5 cm³/mol. The SMILES string of the molecule is CCOc1c(F)cccc1C(=O)N1C[C@H](C)N[C@@H](C)C1. The van der Waals surface area contributed by atoms with Gasteiger partial charge in [-0.3, -0.25) is 4.79 Å². The summed E-state index contributed by atoms with van der Waals surface area (Å²) in [6.45, 7) is 7.40. The van der Waals surface area contributed by atoms with E-state index in [2.05, 4.69) is 5.32 Å². The average molecular weight is 280 g/mol. The van der Waals surface area contributed by atoms with E-state index < -0.39 is 5.82 Å². The van der Waals surface area contributed by atoms with Crippen LogP contribution in [0.15, 0.2) is 18.2 Å². The highest BCUT2D eigenvalue weighted by Crippen LogP contribution is 2.25. The third-order valence-corrected chi connectivity index (χ3v) is 3.33. The Balaban J connectivity index is 2.26. The first-order valence-electron chi connectivity index (χ1n) is 6.99. The van der Waals surface area contributed by atoms with E-state index in [9.17, 15) is 9.18 Å². The smallest absolute Gasteiger partial charge is 0.257 e. The van der Waals surface area contributed by atoms with Crippen molar-refractivity contribution in [2.75, 3.05) is 19.7 Å². The lowest BCUT2D eigenvalue weighted by Crippen LogP contribution is -2.55. The number of halogens is 1. The van der Waals surface area contributed by atoms with E-state index in [0.717, 1.165) is 0 Å². The average Bonchev–Trinajstić information content (AvgIpc) is 2.39. The van der Waals surface area contributed by atoms with Crippen LogP contribution < -0.4 is 10.1 Å². The summed E-state index contributed by atoms with van der Waals surface area (Å²) in [5.41, 5.74) is 0.299. The number of para-hydroxylation sites is 1. The highest BCUT2D eigenvalue weighted by molar-refractivity contribution is 5.97. The zero-order chi connectivity index (χ0) is 14.7. The molecule has 110 valence electrons. The number of ether oxygens (including phenoxy) is 1. The number of piperazine rings is 1. The number of nitrogens with zero attached hydrogens (tertiary/aromatic N) is 1. The van der Waals surface area contributed by atoms with Gasteiger partial charge in [-0.1, -0.05) is 6.07 Å². The highest BCUT2D eigenvalue weighted by Gasteiger charge is 2.28. The number of nitrogens with one attached hydrogen (secondary N) is 1. The van der Waals surface area contributed by atoms with Gasteiger partial charge in [-0.25, -0.2) is 4.39 Å². The molecule has 2 rings (SSSR count). The number of carbonyl (C=O) groups excluding carboxylic acids is 1. The van der Waals surface area contributed by atoms with Crippen molar-refractivity contribution < 1.29 is 13.9 Å². The van der Waals surface area contributed by atoms with Crippen LogP contribution >= 0.6 is 0 Å². The maximum Gasteiger partial charge on any atom is 0.257 e. The maximum absolute atomic E-state index is 13.8. The van der Waals surface area contributed by atoms with Crippen LogP contribution in [0.2, 0.25) is 0 Å². The van der Waals surface area contributed by atoms with Crippen molar-refractivity contribution in [1.82, 2.24) is 10.2 Å². The molecule has 1 N–H and O–H groups in total. The summed E-state index contributed by atoms with van der Waals surface area (Å²) >= 11 is 0. The number of rotatable bonds is 3. The number of carbonyl (C=O) groups is 1. The quantitative estimate of drug-likeness (QED) is 0.921. The summed E-state index contributed by atoms with van der Waals surface area (Å²) in [5.74, 6) is -0.610. The molecule has 1 heterocycles. The molecule has 1 aromatic rings. The molecule has 0 aromatic heterocycles. The Morgan fingerprint density at radius 3 is 2.65 bits per heavy atom. The standard InChI is InChI=1S/C15H21FN2O2/c1-4-20-14-12(6-5-7-13(14)16)15(19)18-8-10(2)17-11(3)9-18/h5-7,10-11,17H,4,8-9H2,1-3H3/t10-,11-/m0/s1. The monoisotopic (exact) mass is 280 g/mol. The second-order valence-electron chi connectivity index (χ2n) is 5.23. The largest absolute Gasteiger partial charge is 0.490 e. The first-order chi connectivity index (χ1) is 9.52. The third kappa shape index (κ3) is 3.10. The van der Waals surface area contributed by atoms with Gasteiger partial charge in [-0.05, 0) is 32.9 Å². The molecule has 0 aliphatic carbocycles. The third-order valence-electron chi connectivity index (χ3n) is 3.33. The normalized spacial score (nSPS) is 22.7. The summed E-state index contributed by atoms with van der Waals surface area (Å²) in [7, 11) is 0. The van der Waals surface area contributed by atoms with E-state index in [-0.39, 0.29) is 23.7 Å². The van der Waals surface area contributed by atoms with Crippen molar-refractivity contribution in [1.29, 1.82) is 0 Å². The first-order valence-corrected chi connectivity index (χ1v) is 6.99. The Morgan fingerprint density at radius 1 is 1.40 bits per heavy atom. The summed E-state index contributed by atoms with van der Waals surface area (Å²) in [4.78, 5) is 14.3. The second-order valence-corrected chi connectivity index (χ2v) is 5.23. The molecular weight excluding hydrogens is 259 g/mol. The van der Waals surface area contributed by atoms with Gasteiger partial charge in [0.1, 0.15) is 0 Å². The Labute approximate surface area is 118 Å². The van der Waals surface area contributed by atoms with E-state index in [1.807, 2.05) is 13.8 Å². The molecule has 4 nitrogen and oxygen atoms in total. The van der Waals surface area contributed by atoms with E-state index in [0.29, 0.717) is 25.3 Å². The minimum atomic E-state index is -0.492. The van der Waals surface area contributed by atoms with Crippen LogP contribution in [0.4, 0.5) is 4.39 Å². The van der Waals surface area contributed by atoms with Crippen LogP contribution in [-0.2, 0) is 0 Å². The van der Waals surface area contributed by atoms with E-state index in [1.165, 1.54) is 6.07 Å². The van der Waals surface area contributed by atoms with Gasteiger partial charge >= 0.3 is 0 Å². The van der Waals surface area contributed by atoms with Crippen LogP contribution in [0.5, 0.6) is 5.75 Å². The molecule has 20 heavy (non-hydrogen) atoms. The molecule has 1 amide bonds. The van der Waals surface area contributed by atoms with E-state index in [1.54, 1.807) is 24.0 Å². The van der Waals surface area contributed by atoms with Gasteiger partial charge in [0.2, 0.25) is 0 Å². The van der Waals surface area contributed by atoms with Crippen molar-refractivity contribution >= 4 is 5.91 Å². The lowest BCUT2D eigenvalue weighted by molar-refractivity contribution is 0.0668. The molecule has 1 aromatic carbocycles. The van der Waals surface area contributed by atoms with Crippen LogP contribution in [0.25, 0.3) is 0 Å². The summed E-state index contributed by atoms with van der Waals surface area (Å²) in [5, 5.41) is 3.37. The van der Waals surface area contributed by atoms with Gasteiger partial charge in [0, 0.05) is 25.2 Å². The van der Waals surface area contributed by atoms with Crippen LogP contribution in [0, 0.1) is 5.82 Å². The van der Waals surface area contributed by atoms with Gasteiger partial charge in [0.15, 0.2) is 11.6 Å². The molecule has 1 fully saturated rings. The van der Waals surface area contributed by atoms with Gasteiger partial charge in [0.25, 0.3) is 5.91 Å². The van der Waals surface area contributed by atoms with Crippen LogP contribution in [-0.4, -0.2) is 42.6 Å². The molecule has 0 saturated carbocycles. The summed E-state index contributed by atoms with van der Waals surface area (Å²) < 4.78 is 19.1. The highest BCUT2D eigenvalue weighted by atomic mass is 19.1. The molecular formula is C15H21FN2O2. The Hall–Kier alpha value is -1.62. The molecule has 2 atom stereocenters. The fraction of sp³-hybridized carbons (Fsp3) is 0.533. The van der Waals surface area contributed by atoms with Crippen LogP contribution in [0.1, 0.15) is 31.1 Å². The van der Waals surface area contributed by atoms with Gasteiger partial charge < -0.3 is 15.0 Å². The number of hydrogen-bond donors (Lipinski definition) is 1. The van der Waals surface area contributed by atoms with E-state index in [4.69, 9.17) is 4.74 Å². The fourth-order valence-electron chi connectivity index (χ4n) is 2.63. The zero-order valence-electron chi connectivity index (χ0n) is 12.1. The number of amides is 1. The zero-order valence-corrected chi connectivity index (χ0v) is 12.1. The first kappa shape index (κ1) is 14.8. The topological polar surface area (TPSA) is 41.6 Å². The number of benzene rings is 1. The van der Waals surface area contributed by atoms with Crippen molar-refractivity contribution in [2.24, 2.45) is 0 Å². The van der Waals surface area contributed by atoms with Gasteiger partial charge in [-0.15, -0.1) is 0 Å². The minimum Gasteiger partial charge on any atom is -0.490 e. The Bertz CT molecular complexity index is 483.